The van der Waals surface area contributed by atoms with Crippen LogP contribution in [0, 0.1) is 0 Å². The van der Waals surface area contributed by atoms with Gasteiger partial charge in [-0.2, -0.15) is 0 Å². The number of esters is 1. The number of carboxylic acid groups (broad SMARTS) is 1. The molecule has 0 unspecified atom stereocenters. The molecule has 0 saturated carbocycles. The molecule has 0 aliphatic carbocycles. The van der Waals surface area contributed by atoms with Gasteiger partial charge in [0.15, 0.2) is 0 Å². The monoisotopic (exact) mass is 380 g/mol. The van der Waals surface area contributed by atoms with Crippen molar-refractivity contribution >= 4 is 39.6 Å². The van der Waals surface area contributed by atoms with Crippen molar-refractivity contribution in [3.05, 3.63) is 58.1 Å². The normalized spacial score (nSPS) is 10.3. The number of hydrogen-bond donors (Lipinski definition) is 1. The van der Waals surface area contributed by atoms with Crippen LogP contribution in [0.25, 0.3) is 0 Å². The molecule has 0 aromatic heterocycles. The molecule has 22 heavy (non-hydrogen) atoms. The lowest BCUT2D eigenvalue weighted by atomic mass is 10.1. The molecule has 0 atom stereocenters. The molecule has 114 valence electrons. The summed E-state index contributed by atoms with van der Waals surface area (Å²) < 4.78 is 5.43. The summed E-state index contributed by atoms with van der Waals surface area (Å²) in [5.74, 6) is -1.24. The second kappa shape index (κ2) is 7.47. The van der Waals surface area contributed by atoms with E-state index in [1.54, 1.807) is 12.1 Å². The average Bonchev–Trinajstić information content (AvgIpc) is 2.50. The second-order valence-electron chi connectivity index (χ2n) is 4.44. The highest BCUT2D eigenvalue weighted by Crippen LogP contribution is 2.31. The van der Waals surface area contributed by atoms with Gasteiger partial charge in [-0.15, -0.1) is 0 Å². The summed E-state index contributed by atoms with van der Waals surface area (Å²) in [6.07, 6.45) is -0.0315. The SMILES string of the molecule is COC(=O)c1ccc(Sc2ccc(Br)c(CC(=O)O)c2)cc1. The Balaban J connectivity index is 2.16. The van der Waals surface area contributed by atoms with Gasteiger partial charge in [0.2, 0.25) is 0 Å². The quantitative estimate of drug-likeness (QED) is 0.793. The topological polar surface area (TPSA) is 63.6 Å². The van der Waals surface area contributed by atoms with Gasteiger partial charge in [-0.1, -0.05) is 27.7 Å². The molecule has 0 fully saturated rings. The molecule has 0 bridgehead atoms. The van der Waals surface area contributed by atoms with E-state index in [0.29, 0.717) is 5.56 Å². The van der Waals surface area contributed by atoms with E-state index in [-0.39, 0.29) is 12.4 Å². The van der Waals surface area contributed by atoms with E-state index in [0.717, 1.165) is 19.8 Å². The van der Waals surface area contributed by atoms with Crippen molar-refractivity contribution in [2.75, 3.05) is 7.11 Å². The maximum absolute atomic E-state index is 11.4. The Morgan fingerprint density at radius 2 is 1.77 bits per heavy atom. The van der Waals surface area contributed by atoms with Gasteiger partial charge in [0.05, 0.1) is 19.1 Å². The molecule has 0 heterocycles. The third kappa shape index (κ3) is 4.35. The number of carbonyl (C=O) groups excluding carboxylic acids is 1. The second-order valence-corrected chi connectivity index (χ2v) is 6.44. The Morgan fingerprint density at radius 1 is 1.14 bits per heavy atom. The summed E-state index contributed by atoms with van der Waals surface area (Å²) >= 11 is 4.85. The molecule has 1 N–H and O–H groups in total. The summed E-state index contributed by atoms with van der Waals surface area (Å²) in [4.78, 5) is 24.1. The van der Waals surface area contributed by atoms with Crippen LogP contribution in [0.1, 0.15) is 15.9 Å². The van der Waals surface area contributed by atoms with Gasteiger partial charge in [0.1, 0.15) is 0 Å². The highest BCUT2D eigenvalue weighted by molar-refractivity contribution is 9.10. The van der Waals surface area contributed by atoms with Crippen molar-refractivity contribution in [2.45, 2.75) is 16.2 Å². The average molecular weight is 381 g/mol. The van der Waals surface area contributed by atoms with E-state index in [9.17, 15) is 9.59 Å². The molecule has 0 aliphatic heterocycles. The third-order valence-corrected chi connectivity index (χ3v) is 4.64. The number of methoxy groups -OCH3 is 1. The van der Waals surface area contributed by atoms with Gasteiger partial charge in [0, 0.05) is 14.3 Å². The maximum atomic E-state index is 11.4. The summed E-state index contributed by atoms with van der Waals surface area (Å²) in [5, 5.41) is 8.91. The van der Waals surface area contributed by atoms with Crippen LogP contribution in [0.2, 0.25) is 0 Å². The lowest BCUT2D eigenvalue weighted by molar-refractivity contribution is -0.136. The number of rotatable bonds is 5. The summed E-state index contributed by atoms with van der Waals surface area (Å²) in [5.41, 5.74) is 1.22. The highest BCUT2D eigenvalue weighted by atomic mass is 79.9. The van der Waals surface area contributed by atoms with Gasteiger partial charge in [-0.3, -0.25) is 4.79 Å². The fourth-order valence-electron chi connectivity index (χ4n) is 1.83. The zero-order chi connectivity index (χ0) is 16.1. The molecule has 0 amide bonds. The van der Waals surface area contributed by atoms with E-state index in [4.69, 9.17) is 5.11 Å². The Hall–Kier alpha value is -1.79. The molecule has 2 aromatic carbocycles. The molecular formula is C16H13BrO4S. The molecule has 0 saturated heterocycles. The van der Waals surface area contributed by atoms with Crippen LogP contribution in [-0.4, -0.2) is 24.2 Å². The van der Waals surface area contributed by atoms with Gasteiger partial charge in [-0.25, -0.2) is 4.79 Å². The minimum Gasteiger partial charge on any atom is -0.481 e. The fraction of sp³-hybridized carbons (Fsp3) is 0.125. The van der Waals surface area contributed by atoms with Crippen molar-refractivity contribution < 1.29 is 19.4 Å². The van der Waals surface area contributed by atoms with Crippen LogP contribution in [0.5, 0.6) is 0 Å². The van der Waals surface area contributed by atoms with Gasteiger partial charge in [0.25, 0.3) is 0 Å². The van der Waals surface area contributed by atoms with Crippen molar-refractivity contribution in [1.29, 1.82) is 0 Å². The Kier molecular flexibility index (Phi) is 5.63. The zero-order valence-electron chi connectivity index (χ0n) is 11.7. The number of benzene rings is 2. The van der Waals surface area contributed by atoms with E-state index < -0.39 is 5.97 Å². The first-order valence-corrected chi connectivity index (χ1v) is 7.97. The van der Waals surface area contributed by atoms with Gasteiger partial charge < -0.3 is 9.84 Å². The number of ether oxygens (including phenoxy) is 1. The van der Waals surface area contributed by atoms with Crippen molar-refractivity contribution in [3.63, 3.8) is 0 Å². The first-order valence-electron chi connectivity index (χ1n) is 6.36. The van der Waals surface area contributed by atoms with Gasteiger partial charge in [-0.05, 0) is 48.0 Å². The lowest BCUT2D eigenvalue weighted by Gasteiger charge is -2.07. The number of hydrogen-bond acceptors (Lipinski definition) is 4. The van der Waals surface area contributed by atoms with Crippen molar-refractivity contribution in [3.8, 4) is 0 Å². The lowest BCUT2D eigenvalue weighted by Crippen LogP contribution is -2.01. The fourth-order valence-corrected chi connectivity index (χ4v) is 3.09. The van der Waals surface area contributed by atoms with E-state index >= 15 is 0 Å². The minimum absolute atomic E-state index is 0.0315. The van der Waals surface area contributed by atoms with Crippen LogP contribution < -0.4 is 0 Å². The molecule has 2 rings (SSSR count). The number of carbonyl (C=O) groups is 2. The first kappa shape index (κ1) is 16.6. The standard InChI is InChI=1S/C16H13BrO4S/c1-21-16(20)10-2-4-12(5-3-10)22-13-6-7-14(17)11(8-13)9-15(18)19/h2-8H,9H2,1H3,(H,18,19). The molecule has 4 nitrogen and oxygen atoms in total. The first-order chi connectivity index (χ1) is 10.5. The number of halogens is 1. The largest absolute Gasteiger partial charge is 0.481 e. The molecule has 0 aliphatic rings. The molecule has 0 spiro atoms. The van der Waals surface area contributed by atoms with Crippen LogP contribution in [0.3, 0.4) is 0 Å². The molecule has 2 aromatic rings. The molecule has 0 radical (unpaired) electrons. The smallest absolute Gasteiger partial charge is 0.337 e. The number of carboxylic acids is 1. The Labute approximate surface area is 140 Å². The Bertz CT molecular complexity index is 698. The summed E-state index contributed by atoms with van der Waals surface area (Å²) in [6, 6.07) is 12.6. The minimum atomic E-state index is -0.870. The van der Waals surface area contributed by atoms with Crippen molar-refractivity contribution in [2.24, 2.45) is 0 Å². The molecular weight excluding hydrogens is 368 g/mol. The van der Waals surface area contributed by atoms with E-state index in [1.165, 1.54) is 18.9 Å². The highest BCUT2D eigenvalue weighted by Gasteiger charge is 2.08. The summed E-state index contributed by atoms with van der Waals surface area (Å²) in [6.45, 7) is 0. The molecule has 6 heteroatoms. The van der Waals surface area contributed by atoms with E-state index in [1.807, 2.05) is 30.3 Å². The predicted molar refractivity (Wildman–Crippen MR) is 87.4 cm³/mol. The zero-order valence-corrected chi connectivity index (χ0v) is 14.1. The third-order valence-electron chi connectivity index (χ3n) is 2.87. The van der Waals surface area contributed by atoms with Crippen LogP contribution in [-0.2, 0) is 16.0 Å². The van der Waals surface area contributed by atoms with Crippen LogP contribution in [0.15, 0.2) is 56.7 Å². The van der Waals surface area contributed by atoms with Crippen molar-refractivity contribution in [1.82, 2.24) is 0 Å². The van der Waals surface area contributed by atoms with Gasteiger partial charge >= 0.3 is 11.9 Å². The maximum Gasteiger partial charge on any atom is 0.337 e. The summed E-state index contributed by atoms with van der Waals surface area (Å²) in [7, 11) is 1.34. The number of aliphatic carboxylic acids is 1. The van der Waals surface area contributed by atoms with Crippen LogP contribution >= 0.6 is 27.7 Å². The predicted octanol–water partition coefficient (Wildman–Crippen LogP) is 4.01. The Morgan fingerprint density at radius 3 is 2.36 bits per heavy atom. The van der Waals surface area contributed by atoms with E-state index in [2.05, 4.69) is 20.7 Å². The van der Waals surface area contributed by atoms with Crippen LogP contribution in [0.4, 0.5) is 0 Å².